The molecule has 1 amide bonds. The lowest BCUT2D eigenvalue weighted by atomic mass is 10.2. The summed E-state index contributed by atoms with van der Waals surface area (Å²) in [6.07, 6.45) is 2.26. The van der Waals surface area contributed by atoms with Crippen molar-refractivity contribution >= 4 is 29.4 Å². The number of rotatable bonds is 3. The number of nitrogens with zero attached hydrogens (tertiary/aromatic N) is 2. The first-order chi connectivity index (χ1) is 11.3. The highest BCUT2D eigenvalue weighted by Crippen LogP contribution is 2.25. The summed E-state index contributed by atoms with van der Waals surface area (Å²) < 4.78 is 5.78. The number of hydrogen-bond donors (Lipinski definition) is 3. The van der Waals surface area contributed by atoms with Crippen molar-refractivity contribution in [3.8, 4) is 5.88 Å². The van der Waals surface area contributed by atoms with Crippen LogP contribution in [0.1, 0.15) is 16.8 Å². The fraction of sp³-hybridized carbons (Fsp3) is 0.429. The number of nitrogens with one attached hydrogen (secondary N) is 1. The third-order valence-electron chi connectivity index (χ3n) is 3.05. The summed E-state index contributed by atoms with van der Waals surface area (Å²) in [5.41, 5.74) is 0.428. The summed E-state index contributed by atoms with van der Waals surface area (Å²) in [5.74, 6) is -3.38. The highest BCUT2D eigenvalue weighted by molar-refractivity contribution is 6.30. The van der Waals surface area contributed by atoms with Gasteiger partial charge in [-0.25, -0.2) is 14.6 Å². The van der Waals surface area contributed by atoms with Crippen LogP contribution in [0.15, 0.2) is 12.3 Å². The van der Waals surface area contributed by atoms with Gasteiger partial charge in [-0.3, -0.25) is 4.79 Å². The average molecular weight is 360 g/mol. The first kappa shape index (κ1) is 19.7. The van der Waals surface area contributed by atoms with Crippen LogP contribution in [0.3, 0.4) is 0 Å². The molecule has 0 saturated heterocycles. The van der Waals surface area contributed by atoms with Crippen molar-refractivity contribution in [3.05, 3.63) is 22.8 Å². The molecule has 0 spiro atoms. The Balaban J connectivity index is 0.000000413. The lowest BCUT2D eigenvalue weighted by molar-refractivity contribution is -0.159. The minimum atomic E-state index is -1.82. The van der Waals surface area contributed by atoms with E-state index in [2.05, 4.69) is 10.3 Å². The summed E-state index contributed by atoms with van der Waals surface area (Å²) in [6, 6.07) is 1.60. The van der Waals surface area contributed by atoms with Crippen LogP contribution in [0, 0.1) is 0 Å². The molecule has 2 rings (SSSR count). The zero-order chi connectivity index (χ0) is 18.3. The number of carbonyl (C=O) groups is 3. The fourth-order valence-electron chi connectivity index (χ4n) is 1.92. The first-order valence-electron chi connectivity index (χ1n) is 6.94. The quantitative estimate of drug-likeness (QED) is 0.658. The Kier molecular flexibility index (Phi) is 7.40. The Bertz CT molecular complexity index is 613. The monoisotopic (exact) mass is 359 g/mol. The minimum Gasteiger partial charge on any atom is -0.473 e. The second kappa shape index (κ2) is 9.04. The van der Waals surface area contributed by atoms with Crippen LogP contribution in [0.2, 0.25) is 5.02 Å². The van der Waals surface area contributed by atoms with Crippen molar-refractivity contribution in [1.29, 1.82) is 0 Å². The van der Waals surface area contributed by atoms with Crippen LogP contribution in [-0.4, -0.2) is 71.2 Å². The maximum absolute atomic E-state index is 12.1. The van der Waals surface area contributed by atoms with E-state index in [9.17, 15) is 4.79 Å². The molecule has 132 valence electrons. The predicted octanol–water partition coefficient (Wildman–Crippen LogP) is 0.333. The van der Waals surface area contributed by atoms with Gasteiger partial charge in [0.25, 0.3) is 5.91 Å². The van der Waals surface area contributed by atoms with Gasteiger partial charge in [-0.05, 0) is 26.1 Å². The van der Waals surface area contributed by atoms with E-state index in [1.54, 1.807) is 18.0 Å². The second-order valence-corrected chi connectivity index (χ2v) is 5.37. The lowest BCUT2D eigenvalue weighted by Gasteiger charge is -2.19. The van der Waals surface area contributed by atoms with Crippen LogP contribution in [-0.2, 0) is 9.59 Å². The number of fused-ring (bicyclic) bond motifs is 1. The van der Waals surface area contributed by atoms with Crippen molar-refractivity contribution in [2.24, 2.45) is 0 Å². The van der Waals surface area contributed by atoms with Crippen LogP contribution < -0.4 is 10.1 Å². The molecule has 0 fully saturated rings. The van der Waals surface area contributed by atoms with E-state index >= 15 is 0 Å². The second-order valence-electron chi connectivity index (χ2n) is 4.93. The predicted molar refractivity (Wildman–Crippen MR) is 84.4 cm³/mol. The number of pyridine rings is 1. The van der Waals surface area contributed by atoms with E-state index < -0.39 is 11.9 Å². The summed E-state index contributed by atoms with van der Waals surface area (Å²) in [4.78, 5) is 36.1. The van der Waals surface area contributed by atoms with Crippen LogP contribution in [0.4, 0.5) is 0 Å². The molecule has 0 aromatic carbocycles. The Hall–Kier alpha value is -2.39. The van der Waals surface area contributed by atoms with Gasteiger partial charge in [0.1, 0.15) is 11.7 Å². The van der Waals surface area contributed by atoms with Gasteiger partial charge in [0.15, 0.2) is 0 Å². The maximum Gasteiger partial charge on any atom is 0.414 e. The standard InChI is InChI=1S/C12H16ClN3O2.C2H2O4/c1-14-4-3-9-7-16(2)12(17)10-5-8(13)6-15-11(10)18-9;3-1(4)2(5)6/h5-6,9,14H,3-4,7H2,1-2H3;(H,3,4)(H,5,6). The van der Waals surface area contributed by atoms with E-state index in [1.807, 2.05) is 7.05 Å². The third kappa shape index (κ3) is 5.67. The maximum atomic E-state index is 12.1. The molecule has 10 heteroatoms. The molecule has 0 bridgehead atoms. The molecule has 24 heavy (non-hydrogen) atoms. The van der Waals surface area contributed by atoms with E-state index in [-0.39, 0.29) is 12.0 Å². The van der Waals surface area contributed by atoms with Gasteiger partial charge in [-0.15, -0.1) is 0 Å². The lowest BCUT2D eigenvalue weighted by Crippen LogP contribution is -2.35. The number of likely N-dealkylation sites (N-methyl/N-ethyl adjacent to an activating group) is 1. The minimum absolute atomic E-state index is 0.0543. The molecule has 1 unspecified atom stereocenters. The van der Waals surface area contributed by atoms with Gasteiger partial charge < -0.3 is 25.2 Å². The number of carboxylic acids is 2. The molecule has 9 nitrogen and oxygen atoms in total. The zero-order valence-electron chi connectivity index (χ0n) is 13.2. The number of hydrogen-bond acceptors (Lipinski definition) is 6. The average Bonchev–Trinajstić information content (AvgIpc) is 2.64. The number of ether oxygens (including phenoxy) is 1. The number of amides is 1. The van der Waals surface area contributed by atoms with Gasteiger partial charge in [0.2, 0.25) is 5.88 Å². The van der Waals surface area contributed by atoms with Crippen LogP contribution in [0.25, 0.3) is 0 Å². The van der Waals surface area contributed by atoms with Gasteiger partial charge in [0, 0.05) is 13.2 Å². The number of halogens is 1. The molecule has 1 aromatic heterocycles. The smallest absolute Gasteiger partial charge is 0.414 e. The molecular weight excluding hydrogens is 342 g/mol. The van der Waals surface area contributed by atoms with Crippen molar-refractivity contribution < 1.29 is 29.3 Å². The molecule has 0 aliphatic carbocycles. The number of carbonyl (C=O) groups excluding carboxylic acids is 1. The van der Waals surface area contributed by atoms with E-state index in [4.69, 9.17) is 36.1 Å². The zero-order valence-corrected chi connectivity index (χ0v) is 13.9. The summed E-state index contributed by atoms with van der Waals surface area (Å²) in [6.45, 7) is 1.38. The van der Waals surface area contributed by atoms with Gasteiger partial charge >= 0.3 is 11.9 Å². The van der Waals surface area contributed by atoms with Crippen molar-refractivity contribution in [1.82, 2.24) is 15.2 Å². The normalized spacial score (nSPS) is 16.2. The topological polar surface area (TPSA) is 129 Å². The molecule has 1 atom stereocenters. The van der Waals surface area contributed by atoms with Gasteiger partial charge in [-0.1, -0.05) is 11.6 Å². The molecule has 1 aliphatic heterocycles. The van der Waals surface area contributed by atoms with E-state index in [1.165, 1.54) is 6.20 Å². The van der Waals surface area contributed by atoms with Crippen LogP contribution >= 0.6 is 11.6 Å². The van der Waals surface area contributed by atoms with Crippen molar-refractivity contribution in [2.75, 3.05) is 27.2 Å². The molecule has 0 saturated carbocycles. The molecule has 1 aliphatic rings. The number of aliphatic carboxylic acids is 2. The molecular formula is C14H18ClN3O6. The Morgan fingerprint density at radius 1 is 1.46 bits per heavy atom. The summed E-state index contributed by atoms with van der Waals surface area (Å²) >= 11 is 5.86. The van der Waals surface area contributed by atoms with Crippen LogP contribution in [0.5, 0.6) is 5.88 Å². The van der Waals surface area contributed by atoms with Crippen molar-refractivity contribution in [3.63, 3.8) is 0 Å². The van der Waals surface area contributed by atoms with Gasteiger partial charge in [0.05, 0.1) is 11.6 Å². The first-order valence-corrected chi connectivity index (χ1v) is 7.32. The molecule has 0 radical (unpaired) electrons. The SMILES string of the molecule is CNCCC1CN(C)C(=O)c2cc(Cl)cnc2O1.O=C(O)C(=O)O. The highest BCUT2D eigenvalue weighted by atomic mass is 35.5. The van der Waals surface area contributed by atoms with Crippen molar-refractivity contribution in [2.45, 2.75) is 12.5 Å². The van der Waals surface area contributed by atoms with E-state index in [0.29, 0.717) is 23.0 Å². The number of aromatic nitrogens is 1. The van der Waals surface area contributed by atoms with E-state index in [0.717, 1.165) is 13.0 Å². The Morgan fingerprint density at radius 2 is 2.08 bits per heavy atom. The molecule has 2 heterocycles. The largest absolute Gasteiger partial charge is 0.473 e. The number of carboxylic acid groups (broad SMARTS) is 2. The van der Waals surface area contributed by atoms with Gasteiger partial charge in [-0.2, -0.15) is 0 Å². The summed E-state index contributed by atoms with van der Waals surface area (Å²) in [5, 5.41) is 18.3. The third-order valence-corrected chi connectivity index (χ3v) is 3.26. The molecule has 3 N–H and O–H groups in total. The summed E-state index contributed by atoms with van der Waals surface area (Å²) in [7, 11) is 3.64. The fourth-order valence-corrected chi connectivity index (χ4v) is 2.08. The Labute approximate surface area is 143 Å². The highest BCUT2D eigenvalue weighted by Gasteiger charge is 2.27. The Morgan fingerprint density at radius 3 is 2.62 bits per heavy atom. The molecule has 1 aromatic rings.